The molecule has 0 aliphatic carbocycles. The normalized spacial score (nSPS) is 10.1. The van der Waals surface area contributed by atoms with Crippen molar-refractivity contribution in [1.82, 2.24) is 5.32 Å². The highest BCUT2D eigenvalue weighted by atomic mass is 16.1. The first kappa shape index (κ1) is 14.4. The van der Waals surface area contributed by atoms with Crippen LogP contribution in [0.1, 0.15) is 26.2 Å². The first-order valence-corrected chi connectivity index (χ1v) is 6.48. The molecule has 0 spiro atoms. The second-order valence-electron chi connectivity index (χ2n) is 4.36. The third-order valence-electron chi connectivity index (χ3n) is 2.84. The molecule has 1 rings (SSSR count). The summed E-state index contributed by atoms with van der Waals surface area (Å²) in [7, 11) is 1.67. The first-order chi connectivity index (χ1) is 8.67. The summed E-state index contributed by atoms with van der Waals surface area (Å²) in [6.45, 7) is 4.01. The van der Waals surface area contributed by atoms with Crippen LogP contribution in [0, 0.1) is 0 Å². The van der Waals surface area contributed by atoms with E-state index in [4.69, 9.17) is 5.73 Å². The number of anilines is 2. The van der Waals surface area contributed by atoms with Crippen molar-refractivity contribution in [3.05, 3.63) is 24.3 Å². The molecule has 0 bridgehead atoms. The molecule has 4 heteroatoms. The highest BCUT2D eigenvalue weighted by Gasteiger charge is 2.06. The molecule has 0 atom stereocenters. The number of rotatable bonds is 7. The number of carbonyl (C=O) groups is 1. The van der Waals surface area contributed by atoms with Crippen LogP contribution >= 0.6 is 0 Å². The second-order valence-corrected chi connectivity index (χ2v) is 4.36. The minimum Gasteiger partial charge on any atom is -0.399 e. The summed E-state index contributed by atoms with van der Waals surface area (Å²) >= 11 is 0. The van der Waals surface area contributed by atoms with Crippen molar-refractivity contribution in [3.63, 3.8) is 0 Å². The average molecular weight is 249 g/mol. The Balaban J connectivity index is 2.57. The van der Waals surface area contributed by atoms with Crippen molar-refractivity contribution in [1.29, 1.82) is 0 Å². The number of nitrogens with one attached hydrogen (secondary N) is 1. The molecule has 0 aliphatic rings. The lowest BCUT2D eigenvalue weighted by molar-refractivity contribution is -0.120. The number of hydrogen-bond donors (Lipinski definition) is 2. The van der Waals surface area contributed by atoms with Gasteiger partial charge in [-0.15, -0.1) is 0 Å². The van der Waals surface area contributed by atoms with Gasteiger partial charge in [-0.25, -0.2) is 0 Å². The maximum Gasteiger partial charge on any atom is 0.219 e. The number of hydrogen-bond acceptors (Lipinski definition) is 3. The summed E-state index contributed by atoms with van der Waals surface area (Å²) in [6, 6.07) is 7.89. The van der Waals surface area contributed by atoms with E-state index in [1.807, 2.05) is 18.2 Å². The van der Waals surface area contributed by atoms with E-state index in [0.29, 0.717) is 6.42 Å². The van der Waals surface area contributed by atoms with Crippen LogP contribution in [0.3, 0.4) is 0 Å². The Kier molecular flexibility index (Phi) is 6.05. The quantitative estimate of drug-likeness (QED) is 0.727. The van der Waals surface area contributed by atoms with Crippen molar-refractivity contribution >= 4 is 17.3 Å². The molecule has 0 fully saturated rings. The molecule has 4 nitrogen and oxygen atoms in total. The summed E-state index contributed by atoms with van der Waals surface area (Å²) in [6.07, 6.45) is 2.50. The predicted octanol–water partition coefficient (Wildman–Crippen LogP) is 2.01. The number of nitrogens with zero attached hydrogens (tertiary/aromatic N) is 1. The standard InChI is InChI=1S/C14H23N3O/c1-3-9-17(10-5-8-14(18)16-2)13-7-4-6-12(15)11-13/h4,6-7,11H,3,5,8-10,15H2,1-2H3,(H,16,18). The molecule has 0 unspecified atom stereocenters. The van der Waals surface area contributed by atoms with E-state index in [-0.39, 0.29) is 5.91 Å². The summed E-state index contributed by atoms with van der Waals surface area (Å²) in [5.74, 6) is 0.0963. The minimum absolute atomic E-state index is 0.0963. The van der Waals surface area contributed by atoms with Crippen LogP contribution in [0.15, 0.2) is 24.3 Å². The highest BCUT2D eigenvalue weighted by molar-refractivity contribution is 5.75. The molecule has 0 saturated carbocycles. The summed E-state index contributed by atoms with van der Waals surface area (Å²) in [5, 5.41) is 2.64. The topological polar surface area (TPSA) is 58.4 Å². The van der Waals surface area contributed by atoms with Gasteiger partial charge in [0.15, 0.2) is 0 Å². The monoisotopic (exact) mass is 249 g/mol. The van der Waals surface area contributed by atoms with Gasteiger partial charge in [-0.1, -0.05) is 13.0 Å². The molecule has 0 aliphatic heterocycles. The molecule has 100 valence electrons. The van der Waals surface area contributed by atoms with Crippen LogP contribution in [-0.2, 0) is 4.79 Å². The van der Waals surface area contributed by atoms with E-state index >= 15 is 0 Å². The van der Waals surface area contributed by atoms with Crippen LogP contribution in [0.2, 0.25) is 0 Å². The largest absolute Gasteiger partial charge is 0.399 e. The number of nitrogens with two attached hydrogens (primary N) is 1. The fourth-order valence-corrected chi connectivity index (χ4v) is 1.92. The van der Waals surface area contributed by atoms with Crippen LogP contribution in [0.25, 0.3) is 0 Å². The van der Waals surface area contributed by atoms with E-state index in [0.717, 1.165) is 37.3 Å². The molecule has 0 radical (unpaired) electrons. The molecular formula is C14H23N3O. The Hall–Kier alpha value is -1.71. The van der Waals surface area contributed by atoms with Gasteiger partial charge in [-0.3, -0.25) is 4.79 Å². The number of benzene rings is 1. The second kappa shape index (κ2) is 7.58. The van der Waals surface area contributed by atoms with Crippen LogP contribution in [0.5, 0.6) is 0 Å². The predicted molar refractivity (Wildman–Crippen MR) is 76.7 cm³/mol. The highest BCUT2D eigenvalue weighted by Crippen LogP contribution is 2.18. The maximum absolute atomic E-state index is 11.2. The van der Waals surface area contributed by atoms with Crippen molar-refractivity contribution in [2.75, 3.05) is 30.8 Å². The van der Waals surface area contributed by atoms with Gasteiger partial charge in [0.25, 0.3) is 0 Å². The number of carbonyl (C=O) groups excluding carboxylic acids is 1. The lowest BCUT2D eigenvalue weighted by Crippen LogP contribution is -2.27. The molecule has 1 aromatic carbocycles. The van der Waals surface area contributed by atoms with Crippen molar-refractivity contribution in [2.24, 2.45) is 0 Å². The molecule has 1 amide bonds. The maximum atomic E-state index is 11.2. The third kappa shape index (κ3) is 4.65. The lowest BCUT2D eigenvalue weighted by Gasteiger charge is -2.24. The minimum atomic E-state index is 0.0963. The molecule has 0 aromatic heterocycles. The van der Waals surface area contributed by atoms with Gasteiger partial charge in [-0.05, 0) is 31.0 Å². The fourth-order valence-electron chi connectivity index (χ4n) is 1.92. The smallest absolute Gasteiger partial charge is 0.219 e. The van der Waals surface area contributed by atoms with E-state index in [1.54, 1.807) is 7.05 Å². The molecule has 1 aromatic rings. The van der Waals surface area contributed by atoms with Crippen molar-refractivity contribution in [2.45, 2.75) is 26.2 Å². The average Bonchev–Trinajstić information content (AvgIpc) is 2.37. The van der Waals surface area contributed by atoms with Gasteiger partial charge in [0.05, 0.1) is 0 Å². The zero-order valence-electron chi connectivity index (χ0n) is 11.3. The van der Waals surface area contributed by atoms with Crippen LogP contribution in [0.4, 0.5) is 11.4 Å². The Bertz CT molecular complexity index is 379. The summed E-state index contributed by atoms with van der Waals surface area (Å²) < 4.78 is 0. The third-order valence-corrected chi connectivity index (χ3v) is 2.84. The molecular weight excluding hydrogens is 226 g/mol. The van der Waals surface area contributed by atoms with E-state index in [9.17, 15) is 4.79 Å². The van der Waals surface area contributed by atoms with Gasteiger partial charge in [0.2, 0.25) is 5.91 Å². The van der Waals surface area contributed by atoms with Crippen LogP contribution < -0.4 is 16.0 Å². The summed E-state index contributed by atoms with van der Waals surface area (Å²) in [4.78, 5) is 13.5. The SMILES string of the molecule is CCCN(CCCC(=O)NC)c1cccc(N)c1. The molecule has 0 heterocycles. The Labute approximate surface area is 109 Å². The van der Waals surface area contributed by atoms with Crippen LogP contribution in [-0.4, -0.2) is 26.0 Å². The van der Waals surface area contributed by atoms with Gasteiger partial charge in [0.1, 0.15) is 0 Å². The zero-order valence-corrected chi connectivity index (χ0v) is 11.3. The Morgan fingerprint density at radius 3 is 2.78 bits per heavy atom. The lowest BCUT2D eigenvalue weighted by atomic mass is 10.2. The fraction of sp³-hybridized carbons (Fsp3) is 0.500. The van der Waals surface area contributed by atoms with Crippen molar-refractivity contribution in [3.8, 4) is 0 Å². The molecule has 3 N–H and O–H groups in total. The molecule has 0 saturated heterocycles. The zero-order chi connectivity index (χ0) is 13.4. The van der Waals surface area contributed by atoms with E-state index in [1.165, 1.54) is 0 Å². The van der Waals surface area contributed by atoms with Gasteiger partial charge in [-0.2, -0.15) is 0 Å². The Morgan fingerprint density at radius 2 is 2.17 bits per heavy atom. The van der Waals surface area contributed by atoms with Gasteiger partial charge < -0.3 is 16.0 Å². The van der Waals surface area contributed by atoms with Gasteiger partial charge in [0, 0.05) is 37.9 Å². The van der Waals surface area contributed by atoms with E-state index in [2.05, 4.69) is 23.2 Å². The van der Waals surface area contributed by atoms with Crippen molar-refractivity contribution < 1.29 is 4.79 Å². The summed E-state index contributed by atoms with van der Waals surface area (Å²) in [5.41, 5.74) is 7.71. The first-order valence-electron chi connectivity index (χ1n) is 6.48. The number of nitrogen functional groups attached to an aromatic ring is 1. The molecule has 18 heavy (non-hydrogen) atoms. The Morgan fingerprint density at radius 1 is 1.39 bits per heavy atom. The van der Waals surface area contributed by atoms with Gasteiger partial charge >= 0.3 is 0 Å². The number of amides is 1. The van der Waals surface area contributed by atoms with E-state index < -0.39 is 0 Å².